The van der Waals surface area contributed by atoms with Gasteiger partial charge in [-0.1, -0.05) is 87.0 Å². The normalized spacial score (nSPS) is 13.6. The predicted octanol–water partition coefficient (Wildman–Crippen LogP) is 6.31. The molecule has 154 valence electrons. The maximum absolute atomic E-state index is 2.75. The minimum atomic E-state index is -1.52. The van der Waals surface area contributed by atoms with Crippen LogP contribution in [0.25, 0.3) is 0 Å². The smallest absolute Gasteiger partial charge is 0.0711 e. The van der Waals surface area contributed by atoms with E-state index in [0.717, 1.165) is 0 Å². The van der Waals surface area contributed by atoms with Gasteiger partial charge in [0.2, 0.25) is 0 Å². The summed E-state index contributed by atoms with van der Waals surface area (Å²) < 4.78 is 0. The van der Waals surface area contributed by atoms with Gasteiger partial charge in [-0.15, -0.1) is 23.5 Å². The number of hydrogen-bond acceptors (Lipinski definition) is 2. The van der Waals surface area contributed by atoms with Gasteiger partial charge in [-0.3, -0.25) is 0 Å². The zero-order valence-corrected chi connectivity index (χ0v) is 25.1. The molecule has 0 N–H and O–H groups in total. The topological polar surface area (TPSA) is 0 Å². The summed E-state index contributed by atoms with van der Waals surface area (Å²) in [5, 5.41) is 3.34. The lowest BCUT2D eigenvalue weighted by Crippen LogP contribution is -2.84. The molecule has 0 aliphatic heterocycles. The number of benzene rings is 2. The molecule has 28 heavy (non-hydrogen) atoms. The van der Waals surface area contributed by atoms with Crippen molar-refractivity contribution in [3.05, 3.63) is 48.5 Å². The van der Waals surface area contributed by atoms with E-state index in [4.69, 9.17) is 0 Å². The molecule has 0 saturated carbocycles. The Morgan fingerprint density at radius 3 is 0.929 bits per heavy atom. The molecule has 0 nitrogen and oxygen atoms in total. The monoisotopic (exact) mass is 478 g/mol. The van der Waals surface area contributed by atoms with Gasteiger partial charge in [-0.2, -0.15) is 0 Å². The van der Waals surface area contributed by atoms with Gasteiger partial charge >= 0.3 is 0 Å². The lowest BCUT2D eigenvalue weighted by Gasteiger charge is -2.55. The molecule has 0 heterocycles. The van der Waals surface area contributed by atoms with Crippen molar-refractivity contribution in [3.8, 4) is 0 Å². The van der Waals surface area contributed by atoms with Gasteiger partial charge in [0.25, 0.3) is 0 Å². The van der Waals surface area contributed by atoms with Crippen molar-refractivity contribution in [2.24, 2.45) is 0 Å². The average molecular weight is 479 g/mol. The van der Waals surface area contributed by atoms with Crippen LogP contribution in [0.2, 0.25) is 52.4 Å². The summed E-state index contributed by atoms with van der Waals surface area (Å²) >= 11 is 3.69. The van der Waals surface area contributed by atoms with E-state index >= 15 is 0 Å². The highest BCUT2D eigenvalue weighted by Crippen LogP contribution is 2.35. The molecule has 2 aromatic carbocycles. The summed E-state index contributed by atoms with van der Waals surface area (Å²) in [7, 11) is -5.91. The minimum absolute atomic E-state index is 1.38. The molecule has 6 heteroatoms. The maximum atomic E-state index is 2.75. The van der Waals surface area contributed by atoms with Crippen LogP contribution < -0.4 is 10.4 Å². The summed E-state index contributed by atoms with van der Waals surface area (Å²) in [4.78, 5) is 2.77. The van der Waals surface area contributed by atoms with Gasteiger partial charge in [0.15, 0.2) is 0 Å². The predicted molar refractivity (Wildman–Crippen MR) is 146 cm³/mol. The van der Waals surface area contributed by atoms with Crippen LogP contribution in [-0.4, -0.2) is 41.9 Å². The summed E-state index contributed by atoms with van der Waals surface area (Å²) in [6, 6.07) is 19.2. The molecular formula is C22H38S2Si4. The van der Waals surface area contributed by atoms with E-state index in [1.807, 2.05) is 23.5 Å². The van der Waals surface area contributed by atoms with E-state index in [1.54, 1.807) is 10.4 Å². The number of thioether (sulfide) groups is 2. The fraction of sp³-hybridized carbons (Fsp3) is 0.455. The Kier molecular flexibility index (Phi) is 7.48. The summed E-state index contributed by atoms with van der Waals surface area (Å²) in [6.45, 7) is 21.7. The van der Waals surface area contributed by atoms with Crippen molar-refractivity contribution in [2.45, 2.75) is 62.2 Å². The highest BCUT2D eigenvalue weighted by Gasteiger charge is 2.59. The third-order valence-corrected chi connectivity index (χ3v) is 77.3. The van der Waals surface area contributed by atoms with Gasteiger partial charge in [0.1, 0.15) is 0 Å². The molecule has 0 spiro atoms. The number of rotatable bonds is 7. The lowest BCUT2D eigenvalue weighted by molar-refractivity contribution is 1.48. The molecule has 0 saturated heterocycles. The second kappa shape index (κ2) is 8.63. The van der Waals surface area contributed by atoms with E-state index in [9.17, 15) is 0 Å². The third-order valence-electron chi connectivity index (χ3n) is 8.31. The van der Waals surface area contributed by atoms with Gasteiger partial charge in [0.05, 0.1) is 15.2 Å². The molecule has 2 rings (SSSR count). The van der Waals surface area contributed by atoms with Crippen LogP contribution in [0.15, 0.2) is 58.3 Å². The molecule has 0 aromatic heterocycles. The first kappa shape index (κ1) is 24.3. The van der Waals surface area contributed by atoms with Crippen molar-refractivity contribution in [3.63, 3.8) is 0 Å². The van der Waals surface area contributed by atoms with Gasteiger partial charge < -0.3 is 0 Å². The van der Waals surface area contributed by atoms with Crippen LogP contribution in [0.1, 0.15) is 0 Å². The first-order valence-electron chi connectivity index (χ1n) is 10.1. The Morgan fingerprint density at radius 2 is 0.714 bits per heavy atom. The summed E-state index contributed by atoms with van der Waals surface area (Å²) in [5.41, 5.74) is 0. The molecule has 0 unspecified atom stereocenters. The fourth-order valence-corrected chi connectivity index (χ4v) is 74.0. The molecule has 2 aromatic rings. The van der Waals surface area contributed by atoms with E-state index in [-0.39, 0.29) is 0 Å². The van der Waals surface area contributed by atoms with E-state index in [0.29, 0.717) is 0 Å². The average Bonchev–Trinajstić information content (AvgIpc) is 2.67. The fourth-order valence-electron chi connectivity index (χ4n) is 4.30. The largest absolute Gasteiger partial charge is 0.130 e. The maximum Gasteiger partial charge on any atom is 0.0711 e. The lowest BCUT2D eigenvalue weighted by atomic mass is 10.4. The molecule has 0 radical (unpaired) electrons. The highest BCUT2D eigenvalue weighted by molar-refractivity contribution is 7.98. The highest BCUT2D eigenvalue weighted by atomic mass is 32.2. The minimum Gasteiger partial charge on any atom is -0.130 e. The van der Waals surface area contributed by atoms with Crippen LogP contribution >= 0.6 is 23.5 Å². The summed E-state index contributed by atoms with van der Waals surface area (Å²) in [6.07, 6.45) is 4.34. The second-order valence-corrected chi connectivity index (χ2v) is 51.4. The van der Waals surface area contributed by atoms with Crippen LogP contribution in [0.5, 0.6) is 0 Å². The SMILES string of the molecule is CSc1ccc([Si](C)(C)[Si](C)(C)[Si](C)(C)[Si](C)(C)c2ccc(SC)cc2)cc1. The van der Waals surface area contributed by atoms with Gasteiger partial charge in [-0.25, -0.2) is 0 Å². The summed E-state index contributed by atoms with van der Waals surface area (Å²) in [5.74, 6) is 0. The van der Waals surface area contributed by atoms with Crippen molar-refractivity contribution in [1.29, 1.82) is 0 Å². The first-order valence-corrected chi connectivity index (χ1v) is 27.6. The molecule has 0 fully saturated rings. The quantitative estimate of drug-likeness (QED) is 0.337. The standard InChI is InChI=1S/C22H38S2Si4/c1-23-19-11-15-21(16-12-19)25(3,4)27(7,8)28(9,10)26(5,6)22-17-13-20(24-2)14-18-22/h11-18H,1-10H3. The Hall–Kier alpha value is 0.00753. The molecule has 0 amide bonds. The molecule has 0 aliphatic rings. The Balaban J connectivity index is 2.49. The van der Waals surface area contributed by atoms with Crippen LogP contribution in [0, 0.1) is 0 Å². The molecule has 0 bridgehead atoms. The van der Waals surface area contributed by atoms with E-state index in [2.05, 4.69) is 113 Å². The third kappa shape index (κ3) is 4.10. The van der Waals surface area contributed by atoms with Crippen molar-refractivity contribution in [1.82, 2.24) is 0 Å². The molecule has 0 atom stereocenters. The van der Waals surface area contributed by atoms with Gasteiger partial charge in [0, 0.05) is 24.0 Å². The Morgan fingerprint density at radius 1 is 0.464 bits per heavy atom. The first-order chi connectivity index (χ1) is 12.8. The Labute approximate surface area is 185 Å². The Bertz CT molecular complexity index is 725. The van der Waals surface area contributed by atoms with Gasteiger partial charge in [-0.05, 0) is 36.8 Å². The van der Waals surface area contributed by atoms with Crippen LogP contribution in [-0.2, 0) is 0 Å². The number of hydrogen-bond donors (Lipinski definition) is 0. The van der Waals surface area contributed by atoms with E-state index in [1.165, 1.54) is 9.79 Å². The zero-order valence-electron chi connectivity index (χ0n) is 19.4. The van der Waals surface area contributed by atoms with E-state index < -0.39 is 29.4 Å². The van der Waals surface area contributed by atoms with Crippen LogP contribution in [0.3, 0.4) is 0 Å². The van der Waals surface area contributed by atoms with Crippen molar-refractivity contribution in [2.75, 3.05) is 12.5 Å². The second-order valence-electron chi connectivity index (χ2n) is 9.96. The van der Waals surface area contributed by atoms with Crippen molar-refractivity contribution < 1.29 is 0 Å². The molecule has 0 aliphatic carbocycles. The molecular weight excluding hydrogens is 441 g/mol. The zero-order chi connectivity index (χ0) is 21.4. The van der Waals surface area contributed by atoms with Crippen molar-refractivity contribution >= 4 is 63.3 Å². The van der Waals surface area contributed by atoms with Crippen LogP contribution in [0.4, 0.5) is 0 Å².